The molecule has 0 spiro atoms. The monoisotopic (exact) mass is 475 g/mol. The Bertz CT molecular complexity index is 1500. The van der Waals surface area contributed by atoms with Crippen molar-refractivity contribution in [1.82, 2.24) is 0 Å². The summed E-state index contributed by atoms with van der Waals surface area (Å²) < 4.78 is 4.76. The van der Waals surface area contributed by atoms with Gasteiger partial charge in [0.15, 0.2) is 4.70 Å². The van der Waals surface area contributed by atoms with E-state index in [2.05, 4.69) is 94.4 Å². The van der Waals surface area contributed by atoms with Crippen LogP contribution in [-0.2, 0) is 0 Å². The molecular formula is C33H33NS. The molecule has 1 nitrogen and oxygen atoms in total. The van der Waals surface area contributed by atoms with Crippen molar-refractivity contribution in [2.45, 2.75) is 52.9 Å². The summed E-state index contributed by atoms with van der Waals surface area (Å²) in [5.74, 6) is 0.846. The van der Waals surface area contributed by atoms with Crippen LogP contribution in [-0.4, -0.2) is 11.3 Å². The molecule has 2 aliphatic rings. The van der Waals surface area contributed by atoms with Crippen LogP contribution in [0.25, 0.3) is 31.3 Å². The third-order valence-corrected chi connectivity index (χ3v) is 9.08. The molecule has 0 bridgehead atoms. The molecule has 1 aromatic heterocycles. The van der Waals surface area contributed by atoms with E-state index >= 15 is 0 Å². The Kier molecular flexibility index (Phi) is 5.65. The van der Waals surface area contributed by atoms with Gasteiger partial charge in [0.05, 0.1) is 6.72 Å². The largest absolute Gasteiger partial charge is 0.255 e. The Morgan fingerprint density at radius 3 is 2.54 bits per heavy atom. The van der Waals surface area contributed by atoms with Crippen LogP contribution < -0.4 is 0 Å². The first-order valence-corrected chi connectivity index (χ1v) is 13.7. The van der Waals surface area contributed by atoms with Gasteiger partial charge in [0, 0.05) is 0 Å². The van der Waals surface area contributed by atoms with Gasteiger partial charge in [0.25, 0.3) is 0 Å². The van der Waals surface area contributed by atoms with Crippen LogP contribution in [0.2, 0.25) is 0 Å². The molecule has 176 valence electrons. The lowest BCUT2D eigenvalue weighted by Gasteiger charge is -2.23. The van der Waals surface area contributed by atoms with Gasteiger partial charge in [-0.15, -0.1) is 18.2 Å². The minimum absolute atomic E-state index is 0.846. The lowest BCUT2D eigenvalue weighted by atomic mass is 9.91. The fraction of sp³-hybridized carbons (Fsp3) is 0.273. The Labute approximate surface area is 213 Å². The van der Waals surface area contributed by atoms with Crippen molar-refractivity contribution in [3.8, 4) is 11.1 Å². The summed E-state index contributed by atoms with van der Waals surface area (Å²) in [5, 5.41) is 2.69. The maximum atomic E-state index is 4.32. The summed E-state index contributed by atoms with van der Waals surface area (Å²) in [5.41, 5.74) is 9.39. The molecule has 0 radical (unpaired) electrons. The van der Waals surface area contributed by atoms with Crippen LogP contribution in [0.1, 0.15) is 54.4 Å². The van der Waals surface area contributed by atoms with Crippen molar-refractivity contribution in [1.29, 1.82) is 0 Å². The molecule has 0 saturated heterocycles. The smallest absolute Gasteiger partial charge is 0.159 e. The molecule has 6 rings (SSSR count). The maximum Gasteiger partial charge on any atom is 0.159 e. The number of rotatable bonds is 4. The lowest BCUT2D eigenvalue weighted by Crippen LogP contribution is -2.16. The molecule has 0 amide bonds. The zero-order valence-corrected chi connectivity index (χ0v) is 21.8. The van der Waals surface area contributed by atoms with Crippen LogP contribution in [0, 0.1) is 32.7 Å². The molecule has 0 unspecified atom stereocenters. The van der Waals surface area contributed by atoms with Crippen LogP contribution >= 0.6 is 11.3 Å². The highest BCUT2D eigenvalue weighted by Gasteiger charge is 2.22. The van der Waals surface area contributed by atoms with Crippen molar-refractivity contribution in [3.05, 3.63) is 101 Å². The van der Waals surface area contributed by atoms with Crippen LogP contribution in [0.3, 0.4) is 0 Å². The Morgan fingerprint density at radius 2 is 1.77 bits per heavy atom. The highest BCUT2D eigenvalue weighted by atomic mass is 32.1. The quantitative estimate of drug-likeness (QED) is 0.157. The molecule has 1 aliphatic carbocycles. The van der Waals surface area contributed by atoms with Gasteiger partial charge in [0.2, 0.25) is 0 Å². The van der Waals surface area contributed by atoms with Gasteiger partial charge in [-0.2, -0.15) is 0 Å². The number of benzene rings is 3. The number of hydrogen-bond donors (Lipinski definition) is 0. The zero-order valence-electron chi connectivity index (χ0n) is 21.0. The van der Waals surface area contributed by atoms with E-state index in [9.17, 15) is 0 Å². The molecule has 0 atom stereocenters. The molecule has 4 aromatic rings. The molecule has 2 heteroatoms. The molecule has 35 heavy (non-hydrogen) atoms. The summed E-state index contributed by atoms with van der Waals surface area (Å²) in [6.45, 7) is 11.0. The number of fused-ring (bicyclic) bond motifs is 3. The Hall–Kier alpha value is -3.10. The van der Waals surface area contributed by atoms with Crippen molar-refractivity contribution in [2.24, 2.45) is 5.92 Å². The van der Waals surface area contributed by atoms with E-state index in [1.165, 1.54) is 97.3 Å². The zero-order chi connectivity index (χ0) is 24.1. The van der Waals surface area contributed by atoms with Gasteiger partial charge >= 0.3 is 0 Å². The molecule has 1 fully saturated rings. The number of thiophene rings is 1. The maximum absolute atomic E-state index is 4.32. The first kappa shape index (κ1) is 22.4. The summed E-state index contributed by atoms with van der Waals surface area (Å²) in [7, 11) is 0. The number of hydrogen-bond acceptors (Lipinski definition) is 0. The van der Waals surface area contributed by atoms with Crippen molar-refractivity contribution in [2.75, 3.05) is 0 Å². The van der Waals surface area contributed by atoms with Crippen molar-refractivity contribution in [3.63, 3.8) is 0 Å². The minimum atomic E-state index is 0.846. The van der Waals surface area contributed by atoms with E-state index < -0.39 is 0 Å². The summed E-state index contributed by atoms with van der Waals surface area (Å²) in [4.78, 5) is 0. The highest BCUT2D eigenvalue weighted by Crippen LogP contribution is 2.41. The standard InChI is InChI=1S/C33H33NS/c1-21-8-7-9-22(2)33(21)26-12-13-27-29-20-28(23(3)16-31(29)35-32(27)19-26)30-18-25(14-15-34(30)4)17-24-10-5-6-11-24/h7-9,12-16,18-20,24H,4-6,10-11,17H2,1-3H3. The Morgan fingerprint density at radius 1 is 1.00 bits per heavy atom. The van der Waals surface area contributed by atoms with Crippen LogP contribution in [0.4, 0.5) is 0 Å². The molecule has 1 saturated carbocycles. The first-order chi connectivity index (χ1) is 17.0. The average molecular weight is 476 g/mol. The third kappa shape index (κ3) is 4.04. The fourth-order valence-corrected chi connectivity index (χ4v) is 7.33. The van der Waals surface area contributed by atoms with E-state index in [0.29, 0.717) is 0 Å². The van der Waals surface area contributed by atoms with Gasteiger partial charge in [-0.05, 0) is 43.4 Å². The second kappa shape index (κ2) is 8.84. The lowest BCUT2D eigenvalue weighted by molar-refractivity contribution is -0.418. The number of allylic oxidation sites excluding steroid dienone is 2. The number of nitrogens with zero attached hydrogens (tertiary/aromatic N) is 1. The fourth-order valence-electron chi connectivity index (χ4n) is 6.11. The van der Waals surface area contributed by atoms with E-state index in [0.717, 1.165) is 5.92 Å². The van der Waals surface area contributed by atoms with Gasteiger partial charge in [-0.1, -0.05) is 108 Å². The molecule has 0 N–H and O–H groups in total. The van der Waals surface area contributed by atoms with Gasteiger partial charge < -0.3 is 0 Å². The van der Waals surface area contributed by atoms with Crippen molar-refractivity contribution < 1.29 is 4.58 Å². The molecule has 3 aromatic carbocycles. The third-order valence-electron chi connectivity index (χ3n) is 7.96. The Balaban J connectivity index is 1.41. The van der Waals surface area contributed by atoms with Crippen LogP contribution in [0.5, 0.6) is 0 Å². The second-order valence-electron chi connectivity index (χ2n) is 10.5. The highest BCUT2D eigenvalue weighted by molar-refractivity contribution is 7.25. The van der Waals surface area contributed by atoms with Crippen molar-refractivity contribution >= 4 is 38.2 Å². The van der Waals surface area contributed by atoms with E-state index in [-0.39, 0.29) is 0 Å². The van der Waals surface area contributed by atoms with Gasteiger partial charge in [-0.3, -0.25) is 4.58 Å². The van der Waals surface area contributed by atoms with Gasteiger partial charge in [-0.25, -0.2) is 0 Å². The minimum Gasteiger partial charge on any atom is -0.255 e. The predicted molar refractivity (Wildman–Crippen MR) is 153 cm³/mol. The topological polar surface area (TPSA) is 3.01 Å². The second-order valence-corrected chi connectivity index (χ2v) is 11.6. The summed E-state index contributed by atoms with van der Waals surface area (Å²) in [6, 6.07) is 19.6. The normalized spacial score (nSPS) is 16.6. The SMILES string of the molecule is C=[N+]1C=CC(CC2CCCC2)=C[C-]1c1cc2c(cc1C)[s+][c-]1cc(-c3c(C)cccc3C)ccc21. The first-order valence-electron chi connectivity index (χ1n) is 12.9. The summed E-state index contributed by atoms with van der Waals surface area (Å²) in [6.07, 6.45) is 13.5. The predicted octanol–water partition coefficient (Wildman–Crippen LogP) is 9.27. The molecular weight excluding hydrogens is 442 g/mol. The summed E-state index contributed by atoms with van der Waals surface area (Å²) >= 11 is 1.91. The van der Waals surface area contributed by atoms with E-state index in [4.69, 9.17) is 0 Å². The van der Waals surface area contributed by atoms with E-state index in [1.54, 1.807) is 0 Å². The molecule has 1 aliphatic heterocycles. The van der Waals surface area contributed by atoms with Crippen LogP contribution in [0.15, 0.2) is 72.5 Å². The number of aryl methyl sites for hydroxylation is 3. The molecule has 2 heterocycles. The van der Waals surface area contributed by atoms with Gasteiger partial charge in [0.1, 0.15) is 28.3 Å². The average Bonchev–Trinajstić information content (AvgIpc) is 3.46. The van der Waals surface area contributed by atoms with E-state index in [1.807, 2.05) is 15.9 Å².